The Labute approximate surface area is 111 Å². The van der Waals surface area contributed by atoms with Crippen molar-refractivity contribution >= 4 is 17.2 Å². The van der Waals surface area contributed by atoms with Gasteiger partial charge in [-0.25, -0.2) is 0 Å². The van der Waals surface area contributed by atoms with E-state index >= 15 is 0 Å². The molecule has 1 aromatic rings. The summed E-state index contributed by atoms with van der Waals surface area (Å²) >= 11 is 1.69. The fraction of sp³-hybridized carbons (Fsp3) is 0.643. The Balaban J connectivity index is 1.71. The summed E-state index contributed by atoms with van der Waals surface area (Å²) in [5.41, 5.74) is 1.40. The highest BCUT2D eigenvalue weighted by molar-refractivity contribution is 7.14. The summed E-state index contributed by atoms with van der Waals surface area (Å²) in [6, 6.07) is 2.11. The van der Waals surface area contributed by atoms with Gasteiger partial charge in [-0.3, -0.25) is 4.79 Å². The molecule has 1 fully saturated rings. The maximum Gasteiger partial charge on any atom is 0.263 e. The molecule has 98 valence electrons. The molecule has 1 saturated heterocycles. The van der Waals surface area contributed by atoms with E-state index in [9.17, 15) is 4.79 Å². The van der Waals surface area contributed by atoms with E-state index < -0.39 is 0 Å². The van der Waals surface area contributed by atoms with Crippen molar-refractivity contribution in [2.75, 3.05) is 19.7 Å². The van der Waals surface area contributed by atoms with Crippen LogP contribution in [-0.4, -0.2) is 35.6 Å². The maximum absolute atomic E-state index is 12.2. The van der Waals surface area contributed by atoms with Gasteiger partial charge >= 0.3 is 0 Å². The van der Waals surface area contributed by atoms with Gasteiger partial charge in [0.15, 0.2) is 0 Å². The Bertz CT molecular complexity index is 425. The Kier molecular flexibility index (Phi) is 3.39. The Hall–Kier alpha value is -0.870. The fourth-order valence-electron chi connectivity index (χ4n) is 2.78. The monoisotopic (exact) mass is 265 g/mol. The van der Waals surface area contributed by atoms with E-state index in [4.69, 9.17) is 5.11 Å². The first kappa shape index (κ1) is 12.2. The van der Waals surface area contributed by atoms with E-state index in [1.165, 1.54) is 29.7 Å². The quantitative estimate of drug-likeness (QED) is 0.832. The first-order chi connectivity index (χ1) is 8.78. The zero-order valence-corrected chi connectivity index (χ0v) is 11.3. The number of carbonyl (C=O) groups is 1. The number of fused-ring (bicyclic) bond motifs is 1. The SMILES string of the molecule is O=C(c1cc2c(s1)CCCCC2)N1CC(CO)C1. The second-order valence-corrected chi connectivity index (χ2v) is 6.52. The van der Waals surface area contributed by atoms with E-state index in [1.54, 1.807) is 11.3 Å². The van der Waals surface area contributed by atoms with Crippen molar-refractivity contribution in [1.82, 2.24) is 4.90 Å². The average Bonchev–Trinajstić information content (AvgIpc) is 2.59. The van der Waals surface area contributed by atoms with Crippen LogP contribution in [-0.2, 0) is 12.8 Å². The van der Waals surface area contributed by atoms with E-state index in [-0.39, 0.29) is 12.5 Å². The maximum atomic E-state index is 12.2. The molecule has 1 amide bonds. The Morgan fingerprint density at radius 2 is 2.11 bits per heavy atom. The molecule has 0 spiro atoms. The molecule has 0 unspecified atom stereocenters. The predicted molar refractivity (Wildman–Crippen MR) is 72.1 cm³/mol. The molecule has 1 aromatic heterocycles. The van der Waals surface area contributed by atoms with Crippen molar-refractivity contribution in [3.8, 4) is 0 Å². The second kappa shape index (κ2) is 5.02. The van der Waals surface area contributed by atoms with Crippen molar-refractivity contribution in [3.05, 3.63) is 21.4 Å². The zero-order valence-electron chi connectivity index (χ0n) is 10.5. The van der Waals surface area contributed by atoms with E-state index in [1.807, 2.05) is 4.90 Å². The van der Waals surface area contributed by atoms with Crippen molar-refractivity contribution in [3.63, 3.8) is 0 Å². The number of carbonyl (C=O) groups excluding carboxylic acids is 1. The number of nitrogens with zero attached hydrogens (tertiary/aromatic N) is 1. The van der Waals surface area contributed by atoms with Crippen molar-refractivity contribution in [1.29, 1.82) is 0 Å². The van der Waals surface area contributed by atoms with Gasteiger partial charge in [0.1, 0.15) is 0 Å². The molecule has 0 saturated carbocycles. The number of aryl methyl sites for hydroxylation is 2. The minimum Gasteiger partial charge on any atom is -0.396 e. The summed E-state index contributed by atoms with van der Waals surface area (Å²) in [7, 11) is 0. The van der Waals surface area contributed by atoms with Gasteiger partial charge in [0.05, 0.1) is 4.88 Å². The van der Waals surface area contributed by atoms with Crippen molar-refractivity contribution < 1.29 is 9.90 Å². The summed E-state index contributed by atoms with van der Waals surface area (Å²) < 4.78 is 0. The summed E-state index contributed by atoms with van der Waals surface area (Å²) in [6.07, 6.45) is 6.12. The largest absolute Gasteiger partial charge is 0.396 e. The second-order valence-electron chi connectivity index (χ2n) is 5.38. The van der Waals surface area contributed by atoms with Crippen molar-refractivity contribution in [2.45, 2.75) is 32.1 Å². The number of likely N-dealkylation sites (tertiary alicyclic amines) is 1. The Morgan fingerprint density at radius 1 is 1.33 bits per heavy atom. The van der Waals surface area contributed by atoms with E-state index in [0.29, 0.717) is 5.92 Å². The molecule has 2 heterocycles. The normalized spacial score (nSPS) is 20.2. The summed E-state index contributed by atoms with van der Waals surface area (Å²) in [5, 5.41) is 8.98. The van der Waals surface area contributed by atoms with Crippen LogP contribution in [0, 0.1) is 5.92 Å². The smallest absolute Gasteiger partial charge is 0.263 e. The van der Waals surface area contributed by atoms with Crippen LogP contribution in [0.1, 0.15) is 39.4 Å². The first-order valence-electron chi connectivity index (χ1n) is 6.79. The predicted octanol–water partition coefficient (Wildman–Crippen LogP) is 2.08. The number of thiophene rings is 1. The van der Waals surface area contributed by atoms with Crippen LogP contribution in [0.3, 0.4) is 0 Å². The van der Waals surface area contributed by atoms with E-state index in [0.717, 1.165) is 30.8 Å². The molecule has 1 aliphatic heterocycles. The van der Waals surface area contributed by atoms with Gasteiger partial charge in [0.25, 0.3) is 5.91 Å². The van der Waals surface area contributed by atoms with Gasteiger partial charge in [-0.15, -0.1) is 11.3 Å². The average molecular weight is 265 g/mol. The summed E-state index contributed by atoms with van der Waals surface area (Å²) in [5.74, 6) is 0.463. The highest BCUT2D eigenvalue weighted by Crippen LogP contribution is 2.30. The van der Waals surface area contributed by atoms with Gasteiger partial charge in [-0.05, 0) is 37.3 Å². The third kappa shape index (κ3) is 2.19. The van der Waals surface area contributed by atoms with Crippen molar-refractivity contribution in [2.24, 2.45) is 5.92 Å². The topological polar surface area (TPSA) is 40.5 Å². The van der Waals surface area contributed by atoms with Crippen LogP contribution in [0.4, 0.5) is 0 Å². The van der Waals surface area contributed by atoms with Gasteiger partial charge in [-0.2, -0.15) is 0 Å². The van der Waals surface area contributed by atoms with Gasteiger partial charge in [0.2, 0.25) is 0 Å². The molecular weight excluding hydrogens is 246 g/mol. The van der Waals surface area contributed by atoms with Gasteiger partial charge in [-0.1, -0.05) is 6.42 Å². The molecular formula is C14H19NO2S. The molecule has 0 bridgehead atoms. The number of amides is 1. The number of aliphatic hydroxyl groups excluding tert-OH is 1. The highest BCUT2D eigenvalue weighted by atomic mass is 32.1. The highest BCUT2D eigenvalue weighted by Gasteiger charge is 2.31. The third-order valence-corrected chi connectivity index (χ3v) is 5.19. The van der Waals surface area contributed by atoms with Crippen LogP contribution >= 0.6 is 11.3 Å². The lowest BCUT2D eigenvalue weighted by atomic mass is 10.0. The standard InChI is InChI=1S/C14H19NO2S/c16-9-10-7-15(8-10)14(17)13-6-11-4-2-1-3-5-12(11)18-13/h6,10,16H,1-5,7-9H2. The van der Waals surface area contributed by atoms with Crippen LogP contribution < -0.4 is 0 Å². The third-order valence-electron chi connectivity index (χ3n) is 3.96. The van der Waals surface area contributed by atoms with Crippen LogP contribution in [0.5, 0.6) is 0 Å². The molecule has 3 nitrogen and oxygen atoms in total. The lowest BCUT2D eigenvalue weighted by Crippen LogP contribution is -2.51. The molecule has 0 atom stereocenters. The molecule has 0 radical (unpaired) electrons. The van der Waals surface area contributed by atoms with Gasteiger partial charge in [0, 0.05) is 30.5 Å². The fourth-order valence-corrected chi connectivity index (χ4v) is 4.00. The molecule has 4 heteroatoms. The minimum absolute atomic E-state index is 0.165. The minimum atomic E-state index is 0.165. The molecule has 0 aromatic carbocycles. The summed E-state index contributed by atoms with van der Waals surface area (Å²) in [4.78, 5) is 16.4. The lowest BCUT2D eigenvalue weighted by molar-refractivity contribution is 0.0366. The van der Waals surface area contributed by atoms with Crippen LogP contribution in [0.15, 0.2) is 6.07 Å². The first-order valence-corrected chi connectivity index (χ1v) is 7.61. The molecule has 2 aliphatic rings. The van der Waals surface area contributed by atoms with Crippen LogP contribution in [0.2, 0.25) is 0 Å². The van der Waals surface area contributed by atoms with Gasteiger partial charge < -0.3 is 10.0 Å². The number of rotatable bonds is 2. The Morgan fingerprint density at radius 3 is 2.89 bits per heavy atom. The van der Waals surface area contributed by atoms with E-state index in [2.05, 4.69) is 6.07 Å². The number of hydrogen-bond acceptors (Lipinski definition) is 3. The number of aliphatic hydroxyl groups is 1. The van der Waals surface area contributed by atoms with Crippen LogP contribution in [0.25, 0.3) is 0 Å². The molecule has 18 heavy (non-hydrogen) atoms. The summed E-state index contributed by atoms with van der Waals surface area (Å²) in [6.45, 7) is 1.64. The lowest BCUT2D eigenvalue weighted by Gasteiger charge is -2.37. The zero-order chi connectivity index (χ0) is 12.5. The number of hydrogen-bond donors (Lipinski definition) is 1. The molecule has 3 rings (SSSR count). The molecule has 1 N–H and O–H groups in total. The molecule has 1 aliphatic carbocycles.